The third kappa shape index (κ3) is 4.60. The number of carbonyl (C=O) groups excluding carboxylic acids is 1. The Morgan fingerprint density at radius 1 is 1.16 bits per heavy atom. The summed E-state index contributed by atoms with van der Waals surface area (Å²) in [5.74, 6) is -0.192. The normalized spacial score (nSPS) is 14.5. The fourth-order valence-electron chi connectivity index (χ4n) is 4.30. The predicted octanol–water partition coefficient (Wildman–Crippen LogP) is 6.51. The van der Waals surface area contributed by atoms with E-state index in [9.17, 15) is 9.90 Å². The largest absolute Gasteiger partial charge is 0.392 e. The van der Waals surface area contributed by atoms with Gasteiger partial charge in [0.25, 0.3) is 5.91 Å². The summed E-state index contributed by atoms with van der Waals surface area (Å²) in [4.78, 5) is 15.3. The summed E-state index contributed by atoms with van der Waals surface area (Å²) in [5, 5.41) is 15.9. The minimum absolute atomic E-state index is 0.184. The number of nitrogens with zero attached hydrogens (tertiary/aromatic N) is 3. The van der Waals surface area contributed by atoms with Crippen molar-refractivity contribution in [2.24, 2.45) is 0 Å². The number of hydrogen-bond acceptors (Lipinski definition) is 3. The van der Waals surface area contributed by atoms with Gasteiger partial charge in [0.15, 0.2) is 5.69 Å². The van der Waals surface area contributed by atoms with Crippen LogP contribution in [0.2, 0.25) is 10.0 Å². The molecule has 5 nitrogen and oxygen atoms in total. The van der Waals surface area contributed by atoms with Crippen molar-refractivity contribution in [2.75, 3.05) is 7.05 Å². The van der Waals surface area contributed by atoms with Crippen molar-refractivity contribution in [3.8, 4) is 16.9 Å². The standard InChI is InChI=1S/C24H24BrCl2N3O2/c1-29(18-5-3-2-4-6-18)24(32)22-19(14-31)23(15-7-9-16(25)10-8-15)30(28-22)21-12-11-17(26)13-20(21)27/h7-13,18,31H,2-6,14H2,1H3. The van der Waals surface area contributed by atoms with Crippen molar-refractivity contribution >= 4 is 45.0 Å². The molecule has 1 N–H and O–H groups in total. The average Bonchev–Trinajstić information content (AvgIpc) is 3.18. The van der Waals surface area contributed by atoms with Gasteiger partial charge in [-0.05, 0) is 43.2 Å². The maximum absolute atomic E-state index is 13.5. The monoisotopic (exact) mass is 535 g/mol. The zero-order chi connectivity index (χ0) is 22.8. The lowest BCUT2D eigenvalue weighted by Crippen LogP contribution is -2.38. The average molecular weight is 537 g/mol. The lowest BCUT2D eigenvalue weighted by Gasteiger charge is -2.30. The highest BCUT2D eigenvalue weighted by atomic mass is 79.9. The van der Waals surface area contributed by atoms with E-state index >= 15 is 0 Å². The lowest BCUT2D eigenvalue weighted by molar-refractivity contribution is 0.0686. The van der Waals surface area contributed by atoms with Gasteiger partial charge >= 0.3 is 0 Å². The molecule has 0 radical (unpaired) electrons. The van der Waals surface area contributed by atoms with Crippen LogP contribution in [-0.4, -0.2) is 38.8 Å². The Balaban J connectivity index is 1.87. The zero-order valence-electron chi connectivity index (χ0n) is 17.7. The van der Waals surface area contributed by atoms with Crippen molar-refractivity contribution in [1.82, 2.24) is 14.7 Å². The quantitative estimate of drug-likeness (QED) is 0.404. The second kappa shape index (κ2) is 9.96. The fraction of sp³-hybridized carbons (Fsp3) is 0.333. The Morgan fingerprint density at radius 3 is 2.47 bits per heavy atom. The van der Waals surface area contributed by atoms with Gasteiger partial charge in [-0.3, -0.25) is 4.79 Å². The molecule has 8 heteroatoms. The van der Waals surface area contributed by atoms with Crippen LogP contribution < -0.4 is 0 Å². The number of aromatic nitrogens is 2. The Hall–Kier alpha value is -1.86. The SMILES string of the molecule is CN(C(=O)c1nn(-c2ccc(Cl)cc2Cl)c(-c2ccc(Br)cc2)c1CO)C1CCCCC1. The van der Waals surface area contributed by atoms with Gasteiger partial charge in [-0.2, -0.15) is 5.10 Å². The molecule has 0 saturated heterocycles. The number of carbonyl (C=O) groups is 1. The minimum Gasteiger partial charge on any atom is -0.392 e. The smallest absolute Gasteiger partial charge is 0.274 e. The van der Waals surface area contributed by atoms with Gasteiger partial charge in [0, 0.05) is 33.7 Å². The maximum Gasteiger partial charge on any atom is 0.274 e. The van der Waals surface area contributed by atoms with E-state index in [1.165, 1.54) is 6.42 Å². The van der Waals surface area contributed by atoms with Crippen LogP contribution in [0.5, 0.6) is 0 Å². The number of benzene rings is 2. The molecule has 2 aromatic carbocycles. The lowest BCUT2D eigenvalue weighted by atomic mass is 9.94. The second-order valence-corrected chi connectivity index (χ2v) is 9.82. The van der Waals surface area contributed by atoms with Crippen LogP contribution in [0.25, 0.3) is 16.9 Å². The van der Waals surface area contributed by atoms with E-state index < -0.39 is 0 Å². The van der Waals surface area contributed by atoms with Crippen molar-refractivity contribution < 1.29 is 9.90 Å². The van der Waals surface area contributed by atoms with Crippen LogP contribution in [0, 0.1) is 0 Å². The zero-order valence-corrected chi connectivity index (χ0v) is 20.8. The van der Waals surface area contributed by atoms with Crippen molar-refractivity contribution in [2.45, 2.75) is 44.8 Å². The van der Waals surface area contributed by atoms with Crippen LogP contribution in [0.15, 0.2) is 46.9 Å². The number of aliphatic hydroxyl groups excluding tert-OH is 1. The summed E-state index contributed by atoms with van der Waals surface area (Å²) in [7, 11) is 1.83. The minimum atomic E-state index is -0.323. The molecule has 1 amide bonds. The first-order valence-electron chi connectivity index (χ1n) is 10.6. The van der Waals surface area contributed by atoms with Gasteiger partial charge in [0.05, 0.1) is 23.0 Å². The number of aliphatic hydroxyl groups is 1. The third-order valence-electron chi connectivity index (χ3n) is 6.04. The van der Waals surface area contributed by atoms with Gasteiger partial charge in [-0.1, -0.05) is 70.5 Å². The van der Waals surface area contributed by atoms with Gasteiger partial charge in [0.1, 0.15) is 0 Å². The summed E-state index contributed by atoms with van der Waals surface area (Å²) < 4.78 is 2.56. The van der Waals surface area contributed by atoms with Gasteiger partial charge < -0.3 is 10.0 Å². The van der Waals surface area contributed by atoms with E-state index in [0.29, 0.717) is 27.0 Å². The topological polar surface area (TPSA) is 58.4 Å². The van der Waals surface area contributed by atoms with E-state index in [0.717, 1.165) is 35.7 Å². The number of hydrogen-bond donors (Lipinski definition) is 1. The summed E-state index contributed by atoms with van der Waals surface area (Å²) >= 11 is 16.1. The molecule has 0 aliphatic heterocycles. The second-order valence-electron chi connectivity index (χ2n) is 8.06. The molecule has 0 spiro atoms. The van der Waals surface area contributed by atoms with E-state index in [1.807, 2.05) is 31.3 Å². The molecule has 4 rings (SSSR count). The van der Waals surface area contributed by atoms with Crippen LogP contribution in [0.4, 0.5) is 0 Å². The van der Waals surface area contributed by atoms with Crippen LogP contribution >= 0.6 is 39.1 Å². The Morgan fingerprint density at radius 2 is 1.84 bits per heavy atom. The summed E-state index contributed by atoms with van der Waals surface area (Å²) in [6.45, 7) is -0.323. The molecule has 32 heavy (non-hydrogen) atoms. The number of rotatable bonds is 5. The van der Waals surface area contributed by atoms with Crippen molar-refractivity contribution in [3.05, 3.63) is 68.2 Å². The fourth-order valence-corrected chi connectivity index (χ4v) is 5.06. The van der Waals surface area contributed by atoms with E-state index in [1.54, 1.807) is 27.8 Å². The molecule has 1 aromatic heterocycles. The van der Waals surface area contributed by atoms with Gasteiger partial charge in [0.2, 0.25) is 0 Å². The van der Waals surface area contributed by atoms with Crippen LogP contribution in [-0.2, 0) is 6.61 Å². The molecule has 1 saturated carbocycles. The van der Waals surface area contributed by atoms with Gasteiger partial charge in [-0.25, -0.2) is 4.68 Å². The summed E-state index contributed by atoms with van der Waals surface area (Å²) in [6, 6.07) is 13.0. The highest BCUT2D eigenvalue weighted by molar-refractivity contribution is 9.10. The molecule has 1 heterocycles. The molecule has 3 aromatic rings. The maximum atomic E-state index is 13.5. The molecule has 1 aliphatic rings. The first-order valence-corrected chi connectivity index (χ1v) is 12.2. The highest BCUT2D eigenvalue weighted by Crippen LogP contribution is 2.34. The first kappa shape index (κ1) is 23.3. The van der Waals surface area contributed by atoms with Crippen molar-refractivity contribution in [1.29, 1.82) is 0 Å². The number of amides is 1. The van der Waals surface area contributed by atoms with Crippen LogP contribution in [0.1, 0.15) is 48.2 Å². The highest BCUT2D eigenvalue weighted by Gasteiger charge is 2.30. The Kier molecular flexibility index (Phi) is 7.25. The molecule has 0 atom stereocenters. The summed E-state index contributed by atoms with van der Waals surface area (Å²) in [5.41, 5.74) is 2.75. The van der Waals surface area contributed by atoms with Crippen molar-refractivity contribution in [3.63, 3.8) is 0 Å². The molecule has 0 bridgehead atoms. The molecule has 1 aliphatic carbocycles. The molecule has 0 unspecified atom stereocenters. The molecular formula is C24H24BrCl2N3O2. The van der Waals surface area contributed by atoms with E-state index in [4.69, 9.17) is 23.2 Å². The Bertz CT molecular complexity index is 1130. The summed E-state index contributed by atoms with van der Waals surface area (Å²) in [6.07, 6.45) is 5.42. The molecule has 168 valence electrons. The number of halogens is 3. The molecular weight excluding hydrogens is 513 g/mol. The predicted molar refractivity (Wildman–Crippen MR) is 132 cm³/mol. The third-order valence-corrected chi connectivity index (χ3v) is 7.11. The Labute approximate surface area is 206 Å². The van der Waals surface area contributed by atoms with Gasteiger partial charge in [-0.15, -0.1) is 0 Å². The molecule has 1 fully saturated rings. The van der Waals surface area contributed by atoms with E-state index in [-0.39, 0.29) is 24.2 Å². The first-order chi connectivity index (χ1) is 15.4. The van der Waals surface area contributed by atoms with Crippen LogP contribution in [0.3, 0.4) is 0 Å². The van der Waals surface area contributed by atoms with E-state index in [2.05, 4.69) is 21.0 Å².